The average Bonchev–Trinajstić information content (AvgIpc) is 2.84. The Morgan fingerprint density at radius 2 is 2.35 bits per heavy atom. The largest absolute Gasteiger partial charge is 0.367 e. The standard InChI is InChI=1S/C14H23N3/c1-3-13-6-5-9-17(13)14-11-16-8-7-12(14)10-15-4-2/h7-8,11,13,15H,3-6,9-10H2,1-2H3. The number of anilines is 1. The van der Waals surface area contributed by atoms with Gasteiger partial charge in [-0.15, -0.1) is 0 Å². The predicted octanol–water partition coefficient (Wildman–Crippen LogP) is 2.57. The molecule has 1 atom stereocenters. The van der Waals surface area contributed by atoms with Gasteiger partial charge < -0.3 is 10.2 Å². The van der Waals surface area contributed by atoms with Crippen molar-refractivity contribution in [2.24, 2.45) is 0 Å². The van der Waals surface area contributed by atoms with Crippen LogP contribution >= 0.6 is 0 Å². The number of hydrogen-bond donors (Lipinski definition) is 1. The summed E-state index contributed by atoms with van der Waals surface area (Å²) in [4.78, 5) is 6.84. The molecular formula is C14H23N3. The summed E-state index contributed by atoms with van der Waals surface area (Å²) in [5.74, 6) is 0. The molecule has 1 unspecified atom stereocenters. The van der Waals surface area contributed by atoms with E-state index < -0.39 is 0 Å². The highest BCUT2D eigenvalue weighted by molar-refractivity contribution is 5.53. The zero-order valence-electron chi connectivity index (χ0n) is 10.9. The molecular weight excluding hydrogens is 210 g/mol. The van der Waals surface area contributed by atoms with Crippen molar-refractivity contribution in [3.63, 3.8) is 0 Å². The van der Waals surface area contributed by atoms with Gasteiger partial charge in [-0.3, -0.25) is 4.98 Å². The van der Waals surface area contributed by atoms with E-state index >= 15 is 0 Å². The van der Waals surface area contributed by atoms with Crippen molar-refractivity contribution in [2.75, 3.05) is 18.0 Å². The lowest BCUT2D eigenvalue weighted by Gasteiger charge is -2.27. The van der Waals surface area contributed by atoms with E-state index in [1.807, 2.05) is 12.4 Å². The summed E-state index contributed by atoms with van der Waals surface area (Å²) in [7, 11) is 0. The van der Waals surface area contributed by atoms with Crippen molar-refractivity contribution in [3.8, 4) is 0 Å². The minimum absolute atomic E-state index is 0.708. The van der Waals surface area contributed by atoms with Gasteiger partial charge in [0.25, 0.3) is 0 Å². The maximum Gasteiger partial charge on any atom is 0.0600 e. The molecule has 94 valence electrons. The van der Waals surface area contributed by atoms with Crippen LogP contribution in [0.1, 0.15) is 38.7 Å². The number of hydrogen-bond acceptors (Lipinski definition) is 3. The van der Waals surface area contributed by atoms with Crippen LogP contribution in [0.15, 0.2) is 18.5 Å². The summed E-state index contributed by atoms with van der Waals surface area (Å²) < 4.78 is 0. The molecule has 1 aliphatic heterocycles. The summed E-state index contributed by atoms with van der Waals surface area (Å²) >= 11 is 0. The lowest BCUT2D eigenvalue weighted by Crippen LogP contribution is -2.30. The van der Waals surface area contributed by atoms with Crippen LogP contribution in [0.5, 0.6) is 0 Å². The van der Waals surface area contributed by atoms with E-state index in [4.69, 9.17) is 0 Å². The molecule has 3 nitrogen and oxygen atoms in total. The Morgan fingerprint density at radius 1 is 1.47 bits per heavy atom. The lowest BCUT2D eigenvalue weighted by molar-refractivity contribution is 0.639. The van der Waals surface area contributed by atoms with E-state index in [9.17, 15) is 0 Å². The maximum atomic E-state index is 4.30. The van der Waals surface area contributed by atoms with E-state index in [0.29, 0.717) is 6.04 Å². The third-order valence-corrected chi connectivity index (χ3v) is 3.61. The summed E-state index contributed by atoms with van der Waals surface area (Å²) in [5.41, 5.74) is 2.71. The van der Waals surface area contributed by atoms with Crippen LogP contribution in [0.2, 0.25) is 0 Å². The van der Waals surface area contributed by atoms with E-state index in [0.717, 1.165) is 13.1 Å². The second-order valence-electron chi connectivity index (χ2n) is 4.68. The Bertz CT molecular complexity index is 351. The minimum Gasteiger partial charge on any atom is -0.367 e. The molecule has 0 saturated carbocycles. The highest BCUT2D eigenvalue weighted by atomic mass is 15.2. The molecule has 0 bridgehead atoms. The first kappa shape index (κ1) is 12.4. The van der Waals surface area contributed by atoms with Crippen LogP contribution in [-0.4, -0.2) is 24.1 Å². The van der Waals surface area contributed by atoms with Crippen LogP contribution < -0.4 is 10.2 Å². The van der Waals surface area contributed by atoms with Gasteiger partial charge in [0.1, 0.15) is 0 Å². The molecule has 17 heavy (non-hydrogen) atoms. The van der Waals surface area contributed by atoms with Crippen LogP contribution in [0, 0.1) is 0 Å². The third kappa shape index (κ3) is 2.78. The molecule has 0 radical (unpaired) electrons. The second-order valence-corrected chi connectivity index (χ2v) is 4.68. The summed E-state index contributed by atoms with van der Waals surface area (Å²) in [5, 5.41) is 3.41. The van der Waals surface area contributed by atoms with Crippen LogP contribution in [-0.2, 0) is 6.54 Å². The van der Waals surface area contributed by atoms with Crippen molar-refractivity contribution in [1.82, 2.24) is 10.3 Å². The molecule has 0 spiro atoms. The van der Waals surface area contributed by atoms with Crippen LogP contribution in [0.25, 0.3) is 0 Å². The van der Waals surface area contributed by atoms with Gasteiger partial charge in [0.15, 0.2) is 0 Å². The average molecular weight is 233 g/mol. The molecule has 1 saturated heterocycles. The topological polar surface area (TPSA) is 28.2 Å². The van der Waals surface area contributed by atoms with Crippen molar-refractivity contribution in [1.29, 1.82) is 0 Å². The van der Waals surface area contributed by atoms with Gasteiger partial charge in [-0.1, -0.05) is 13.8 Å². The third-order valence-electron chi connectivity index (χ3n) is 3.61. The van der Waals surface area contributed by atoms with Gasteiger partial charge in [-0.05, 0) is 37.4 Å². The Hall–Kier alpha value is -1.09. The van der Waals surface area contributed by atoms with E-state index in [2.05, 4.69) is 35.1 Å². The van der Waals surface area contributed by atoms with Crippen LogP contribution in [0.4, 0.5) is 5.69 Å². The SMILES string of the molecule is CCNCc1ccncc1N1CCCC1CC. The number of aromatic nitrogens is 1. The minimum atomic E-state index is 0.708. The van der Waals surface area contributed by atoms with Crippen LogP contribution in [0.3, 0.4) is 0 Å². The lowest BCUT2D eigenvalue weighted by atomic mass is 10.1. The zero-order chi connectivity index (χ0) is 12.1. The molecule has 2 heterocycles. The molecule has 1 fully saturated rings. The molecule has 1 N–H and O–H groups in total. The van der Waals surface area contributed by atoms with E-state index in [1.165, 1.54) is 37.1 Å². The smallest absolute Gasteiger partial charge is 0.0600 e. The first-order valence-corrected chi connectivity index (χ1v) is 6.77. The van der Waals surface area contributed by atoms with Gasteiger partial charge >= 0.3 is 0 Å². The maximum absolute atomic E-state index is 4.30. The Labute approximate surface area is 104 Å². The van der Waals surface area contributed by atoms with Crippen molar-refractivity contribution >= 4 is 5.69 Å². The Kier molecular flexibility index (Phi) is 4.37. The fourth-order valence-corrected chi connectivity index (χ4v) is 2.66. The summed E-state index contributed by atoms with van der Waals surface area (Å²) in [6, 6.07) is 2.85. The Balaban J connectivity index is 2.18. The fraction of sp³-hybridized carbons (Fsp3) is 0.643. The molecule has 0 aromatic carbocycles. The van der Waals surface area contributed by atoms with E-state index in [-0.39, 0.29) is 0 Å². The zero-order valence-corrected chi connectivity index (χ0v) is 10.9. The van der Waals surface area contributed by atoms with Gasteiger partial charge in [-0.25, -0.2) is 0 Å². The summed E-state index contributed by atoms with van der Waals surface area (Å²) in [6.45, 7) is 7.57. The molecule has 2 rings (SSSR count). The predicted molar refractivity (Wildman–Crippen MR) is 72.3 cm³/mol. The van der Waals surface area contributed by atoms with Gasteiger partial charge in [0.05, 0.1) is 11.9 Å². The highest BCUT2D eigenvalue weighted by Gasteiger charge is 2.24. The van der Waals surface area contributed by atoms with Gasteiger partial charge in [0, 0.05) is 25.3 Å². The quantitative estimate of drug-likeness (QED) is 0.847. The first-order chi connectivity index (χ1) is 8.36. The fourth-order valence-electron chi connectivity index (χ4n) is 2.66. The molecule has 1 aromatic heterocycles. The molecule has 0 amide bonds. The first-order valence-electron chi connectivity index (χ1n) is 6.77. The molecule has 3 heteroatoms. The molecule has 1 aromatic rings. The summed E-state index contributed by atoms with van der Waals surface area (Å²) in [6.07, 6.45) is 7.80. The normalized spacial score (nSPS) is 19.9. The highest BCUT2D eigenvalue weighted by Crippen LogP contribution is 2.29. The molecule has 0 aliphatic carbocycles. The van der Waals surface area contributed by atoms with Gasteiger partial charge in [-0.2, -0.15) is 0 Å². The van der Waals surface area contributed by atoms with Gasteiger partial charge in [0.2, 0.25) is 0 Å². The van der Waals surface area contributed by atoms with Crippen molar-refractivity contribution in [3.05, 3.63) is 24.0 Å². The van der Waals surface area contributed by atoms with Crippen molar-refractivity contribution in [2.45, 2.75) is 45.7 Å². The number of rotatable bonds is 5. The molecule has 1 aliphatic rings. The van der Waals surface area contributed by atoms with Crippen molar-refractivity contribution < 1.29 is 0 Å². The Morgan fingerprint density at radius 3 is 3.12 bits per heavy atom. The number of pyridine rings is 1. The number of nitrogens with one attached hydrogen (secondary N) is 1. The van der Waals surface area contributed by atoms with E-state index in [1.54, 1.807) is 0 Å². The number of nitrogens with zero attached hydrogens (tertiary/aromatic N) is 2. The monoisotopic (exact) mass is 233 g/mol. The second kappa shape index (κ2) is 6.01.